The van der Waals surface area contributed by atoms with Crippen molar-refractivity contribution in [1.82, 2.24) is 9.36 Å². The predicted molar refractivity (Wildman–Crippen MR) is 66.0 cm³/mol. The van der Waals surface area contributed by atoms with Gasteiger partial charge in [-0.15, -0.1) is 0 Å². The highest BCUT2D eigenvalue weighted by atomic mass is 79.9. The number of rotatable bonds is 2. The van der Waals surface area contributed by atoms with E-state index >= 15 is 0 Å². The van der Waals surface area contributed by atoms with E-state index in [-0.39, 0.29) is 0 Å². The van der Waals surface area contributed by atoms with Crippen LogP contribution in [0.3, 0.4) is 0 Å². The number of anilines is 1. The van der Waals surface area contributed by atoms with Crippen LogP contribution in [0.5, 0.6) is 0 Å². The van der Waals surface area contributed by atoms with Gasteiger partial charge in [-0.25, -0.2) is 4.98 Å². The summed E-state index contributed by atoms with van der Waals surface area (Å²) in [7, 11) is 0. The van der Waals surface area contributed by atoms with Gasteiger partial charge in [-0.2, -0.15) is 4.37 Å². The van der Waals surface area contributed by atoms with E-state index in [9.17, 15) is 0 Å². The third-order valence-electron chi connectivity index (χ3n) is 3.01. The van der Waals surface area contributed by atoms with Crippen molar-refractivity contribution >= 4 is 32.6 Å². The fourth-order valence-corrected chi connectivity index (χ4v) is 3.42. The lowest BCUT2D eigenvalue weighted by Gasteiger charge is -2.29. The lowest BCUT2D eigenvalue weighted by molar-refractivity contribution is 0.594. The summed E-state index contributed by atoms with van der Waals surface area (Å²) in [5.74, 6) is 1.77. The normalized spacial score (nSPS) is 27.0. The highest BCUT2D eigenvalue weighted by molar-refractivity contribution is 9.09. The molecule has 5 heteroatoms. The average molecular weight is 288 g/mol. The summed E-state index contributed by atoms with van der Waals surface area (Å²) in [6.07, 6.45) is 5.12. The molecule has 0 bridgehead atoms. The van der Waals surface area contributed by atoms with Crippen molar-refractivity contribution in [2.75, 3.05) is 18.0 Å². The van der Waals surface area contributed by atoms with Crippen LogP contribution in [-0.2, 0) is 0 Å². The first-order chi connectivity index (χ1) is 7.33. The van der Waals surface area contributed by atoms with E-state index in [0.29, 0.717) is 10.7 Å². The molecule has 0 aromatic carbocycles. The molecule has 2 heterocycles. The Morgan fingerprint density at radius 2 is 2.20 bits per heavy atom. The highest BCUT2D eigenvalue weighted by Gasteiger charge is 2.29. The second-order valence-corrected chi connectivity index (χ2v) is 6.42. The molecule has 3 rings (SSSR count). The molecule has 1 aromatic rings. The van der Waals surface area contributed by atoms with Gasteiger partial charge in [0.25, 0.3) is 0 Å². The second-order valence-electron chi connectivity index (χ2n) is 4.39. The summed E-state index contributed by atoms with van der Waals surface area (Å²) in [4.78, 5) is 7.63. The first-order valence-corrected chi connectivity index (χ1v) is 7.24. The van der Waals surface area contributed by atoms with Crippen LogP contribution in [0.1, 0.15) is 37.4 Å². The number of hydrogen-bond donors (Lipinski definition) is 0. The van der Waals surface area contributed by atoms with Gasteiger partial charge < -0.3 is 4.90 Å². The molecule has 2 aliphatic rings. The summed E-state index contributed by atoms with van der Waals surface area (Å²) in [6, 6.07) is 0. The number of alkyl halides is 1. The number of piperidine rings is 1. The first-order valence-electron chi connectivity index (χ1n) is 5.55. The molecule has 15 heavy (non-hydrogen) atoms. The molecule has 2 fully saturated rings. The van der Waals surface area contributed by atoms with Gasteiger partial charge in [0.15, 0.2) is 0 Å². The summed E-state index contributed by atoms with van der Waals surface area (Å²) < 4.78 is 4.45. The van der Waals surface area contributed by atoms with Crippen LogP contribution in [0.25, 0.3) is 0 Å². The van der Waals surface area contributed by atoms with Crippen LogP contribution < -0.4 is 4.90 Å². The molecular weight excluding hydrogens is 274 g/mol. The lowest BCUT2D eigenvalue weighted by Crippen LogP contribution is -2.35. The molecule has 1 aliphatic carbocycles. The molecule has 82 valence electrons. The quantitative estimate of drug-likeness (QED) is 0.784. The Hall–Kier alpha value is -0.160. The van der Waals surface area contributed by atoms with Crippen LogP contribution >= 0.6 is 27.5 Å². The zero-order valence-corrected chi connectivity index (χ0v) is 10.9. The van der Waals surface area contributed by atoms with Crippen LogP contribution in [0, 0.1) is 0 Å². The van der Waals surface area contributed by atoms with Gasteiger partial charge in [0.1, 0.15) is 5.82 Å². The monoisotopic (exact) mass is 287 g/mol. The van der Waals surface area contributed by atoms with E-state index in [1.54, 1.807) is 11.5 Å². The molecule has 1 aliphatic heterocycles. The van der Waals surface area contributed by atoms with E-state index in [1.165, 1.54) is 25.7 Å². The van der Waals surface area contributed by atoms with Gasteiger partial charge >= 0.3 is 0 Å². The summed E-state index contributed by atoms with van der Waals surface area (Å²) >= 11 is 5.26. The maximum Gasteiger partial charge on any atom is 0.205 e. The molecule has 3 nitrogen and oxygen atoms in total. The molecule has 1 atom stereocenters. The molecule has 0 N–H and O–H groups in total. The minimum atomic E-state index is 0.625. The molecule has 1 saturated heterocycles. The molecule has 1 unspecified atom stereocenters. The minimum absolute atomic E-state index is 0.625. The summed E-state index contributed by atoms with van der Waals surface area (Å²) in [5.41, 5.74) is 0. The van der Waals surface area contributed by atoms with Crippen molar-refractivity contribution in [2.24, 2.45) is 0 Å². The van der Waals surface area contributed by atoms with Crippen molar-refractivity contribution in [1.29, 1.82) is 0 Å². The fourth-order valence-electron chi connectivity index (χ4n) is 1.96. The summed E-state index contributed by atoms with van der Waals surface area (Å²) in [6.45, 7) is 2.22. The van der Waals surface area contributed by atoms with Crippen LogP contribution in [-0.4, -0.2) is 27.3 Å². The topological polar surface area (TPSA) is 29.0 Å². The largest absolute Gasteiger partial charge is 0.346 e. The van der Waals surface area contributed by atoms with Crippen molar-refractivity contribution < 1.29 is 0 Å². The maximum absolute atomic E-state index is 4.64. The van der Waals surface area contributed by atoms with E-state index in [1.807, 2.05) is 0 Å². The zero-order chi connectivity index (χ0) is 10.3. The van der Waals surface area contributed by atoms with Gasteiger partial charge in [0.05, 0.1) is 0 Å². The van der Waals surface area contributed by atoms with E-state index < -0.39 is 0 Å². The van der Waals surface area contributed by atoms with Crippen LogP contribution in [0.2, 0.25) is 0 Å². The van der Waals surface area contributed by atoms with Crippen molar-refractivity contribution in [2.45, 2.75) is 36.4 Å². The Kier molecular flexibility index (Phi) is 2.68. The molecule has 1 saturated carbocycles. The minimum Gasteiger partial charge on any atom is -0.346 e. The van der Waals surface area contributed by atoms with Crippen LogP contribution in [0.4, 0.5) is 5.13 Å². The van der Waals surface area contributed by atoms with Gasteiger partial charge in [0.2, 0.25) is 5.13 Å². The fraction of sp³-hybridized carbons (Fsp3) is 0.800. The maximum atomic E-state index is 4.64. The second kappa shape index (κ2) is 4.01. The molecule has 0 amide bonds. The van der Waals surface area contributed by atoms with E-state index in [0.717, 1.165) is 24.0 Å². The highest BCUT2D eigenvalue weighted by Crippen LogP contribution is 2.40. The smallest absolute Gasteiger partial charge is 0.205 e. The Morgan fingerprint density at radius 3 is 2.93 bits per heavy atom. The first kappa shape index (κ1) is 10.0. The van der Waals surface area contributed by atoms with Crippen LogP contribution in [0.15, 0.2) is 0 Å². The lowest BCUT2D eigenvalue weighted by atomic mass is 10.1. The van der Waals surface area contributed by atoms with Gasteiger partial charge in [-0.3, -0.25) is 0 Å². The molecule has 0 radical (unpaired) electrons. The Labute approximate surface area is 102 Å². The van der Waals surface area contributed by atoms with Crippen molar-refractivity contribution in [3.05, 3.63) is 5.82 Å². The number of aromatic nitrogens is 2. The van der Waals surface area contributed by atoms with Gasteiger partial charge in [0, 0.05) is 35.4 Å². The standard InChI is InChI=1S/C10H14BrN3S/c11-8-2-1-5-14(6-8)10-12-9(13-15-10)7-3-4-7/h7-8H,1-6H2. The molecule has 0 spiro atoms. The Bertz CT molecular complexity index is 350. The Balaban J connectivity index is 1.73. The molecular formula is C10H14BrN3S. The third-order valence-corrected chi connectivity index (χ3v) is 4.55. The molecule has 1 aromatic heterocycles. The Morgan fingerprint density at radius 1 is 1.33 bits per heavy atom. The number of halogens is 1. The van der Waals surface area contributed by atoms with Crippen molar-refractivity contribution in [3.63, 3.8) is 0 Å². The van der Waals surface area contributed by atoms with E-state index in [2.05, 4.69) is 30.2 Å². The average Bonchev–Trinajstić information content (AvgIpc) is 2.97. The zero-order valence-electron chi connectivity index (χ0n) is 8.53. The number of hydrogen-bond acceptors (Lipinski definition) is 4. The predicted octanol–water partition coefficient (Wildman–Crippen LogP) is 2.78. The third kappa shape index (κ3) is 2.18. The van der Waals surface area contributed by atoms with Gasteiger partial charge in [-0.05, 0) is 25.7 Å². The van der Waals surface area contributed by atoms with Gasteiger partial charge in [-0.1, -0.05) is 15.9 Å². The van der Waals surface area contributed by atoms with E-state index in [4.69, 9.17) is 0 Å². The number of nitrogens with zero attached hydrogens (tertiary/aromatic N) is 3. The summed E-state index contributed by atoms with van der Waals surface area (Å²) in [5, 5.41) is 1.13. The SMILES string of the molecule is BrC1CCCN(c2nc(C3CC3)ns2)C1. The van der Waals surface area contributed by atoms with Crippen molar-refractivity contribution in [3.8, 4) is 0 Å².